The van der Waals surface area contributed by atoms with Crippen molar-refractivity contribution in [2.24, 2.45) is 11.0 Å². The minimum absolute atomic E-state index is 0.0934. The summed E-state index contributed by atoms with van der Waals surface area (Å²) < 4.78 is 16.1. The van der Waals surface area contributed by atoms with Gasteiger partial charge in [0, 0.05) is 27.8 Å². The number of carbonyl (C=O) groups is 3. The lowest BCUT2D eigenvalue weighted by atomic mass is 10.1. The van der Waals surface area contributed by atoms with E-state index >= 15 is 0 Å². The van der Waals surface area contributed by atoms with E-state index in [1.165, 1.54) is 18.3 Å². The Labute approximate surface area is 212 Å². The quantitative estimate of drug-likeness (QED) is 0.208. The van der Waals surface area contributed by atoms with Crippen molar-refractivity contribution < 1.29 is 28.6 Å². The van der Waals surface area contributed by atoms with E-state index in [2.05, 4.69) is 15.8 Å². The molecule has 0 atom stereocenters. The van der Waals surface area contributed by atoms with Crippen molar-refractivity contribution in [3.63, 3.8) is 0 Å². The molecule has 10 heteroatoms. The van der Waals surface area contributed by atoms with Crippen molar-refractivity contribution in [1.29, 1.82) is 0 Å². The molecule has 0 bridgehead atoms. The Kier molecular flexibility index (Phi) is 7.50. The highest BCUT2D eigenvalue weighted by Crippen LogP contribution is 2.33. The molecular weight excluding hydrogens is 486 g/mol. The molecule has 2 N–H and O–H groups in total. The Morgan fingerprint density at radius 2 is 1.69 bits per heavy atom. The van der Waals surface area contributed by atoms with Crippen molar-refractivity contribution in [3.8, 4) is 17.2 Å². The summed E-state index contributed by atoms with van der Waals surface area (Å²) in [5.41, 5.74) is 4.00. The van der Waals surface area contributed by atoms with Gasteiger partial charge < -0.3 is 19.5 Å². The van der Waals surface area contributed by atoms with Gasteiger partial charge >= 0.3 is 5.97 Å². The Morgan fingerprint density at radius 3 is 2.44 bits per heavy atom. The van der Waals surface area contributed by atoms with Crippen LogP contribution in [0.5, 0.6) is 17.2 Å². The van der Waals surface area contributed by atoms with E-state index in [4.69, 9.17) is 25.8 Å². The summed E-state index contributed by atoms with van der Waals surface area (Å²) in [6.07, 6.45) is 1.32. The third kappa shape index (κ3) is 6.00. The number of amides is 2. The SMILES string of the molecule is CC(C)C(=O)Nc1ccc(C(=O)N/N=C/c2cc(Cl)ccc2OC(=O)c2ccc3c(c2)OCO3)cc1. The number of carbonyl (C=O) groups excluding carboxylic acids is 3. The topological polar surface area (TPSA) is 115 Å². The van der Waals surface area contributed by atoms with Gasteiger partial charge in [-0.15, -0.1) is 0 Å². The van der Waals surface area contributed by atoms with Crippen LogP contribution in [0.2, 0.25) is 5.02 Å². The zero-order chi connectivity index (χ0) is 25.7. The van der Waals surface area contributed by atoms with Gasteiger partial charge in [0.15, 0.2) is 11.5 Å². The smallest absolute Gasteiger partial charge is 0.343 e. The van der Waals surface area contributed by atoms with Crippen LogP contribution in [0.15, 0.2) is 65.8 Å². The average Bonchev–Trinajstić information content (AvgIpc) is 3.34. The second-order valence-corrected chi connectivity index (χ2v) is 8.50. The number of fused-ring (bicyclic) bond motifs is 1. The van der Waals surface area contributed by atoms with Gasteiger partial charge in [-0.2, -0.15) is 5.10 Å². The van der Waals surface area contributed by atoms with E-state index in [1.807, 2.05) is 0 Å². The van der Waals surface area contributed by atoms with Gasteiger partial charge in [0.25, 0.3) is 5.91 Å². The van der Waals surface area contributed by atoms with Crippen LogP contribution < -0.4 is 25.0 Å². The highest BCUT2D eigenvalue weighted by atomic mass is 35.5. The number of benzene rings is 3. The molecule has 3 aromatic rings. The first-order chi connectivity index (χ1) is 17.3. The van der Waals surface area contributed by atoms with Gasteiger partial charge in [-0.1, -0.05) is 25.4 Å². The van der Waals surface area contributed by atoms with Crippen molar-refractivity contribution in [2.45, 2.75) is 13.8 Å². The zero-order valence-corrected chi connectivity index (χ0v) is 20.2. The highest BCUT2D eigenvalue weighted by molar-refractivity contribution is 6.31. The van der Waals surface area contributed by atoms with Crippen molar-refractivity contribution in [1.82, 2.24) is 5.43 Å². The summed E-state index contributed by atoms with van der Waals surface area (Å²) in [7, 11) is 0. The van der Waals surface area contributed by atoms with Gasteiger partial charge in [-0.3, -0.25) is 9.59 Å². The van der Waals surface area contributed by atoms with Crippen LogP contribution in [-0.4, -0.2) is 30.8 Å². The van der Waals surface area contributed by atoms with E-state index in [1.54, 1.807) is 62.4 Å². The fourth-order valence-electron chi connectivity index (χ4n) is 3.11. The lowest BCUT2D eigenvalue weighted by Gasteiger charge is -2.09. The second-order valence-electron chi connectivity index (χ2n) is 8.06. The lowest BCUT2D eigenvalue weighted by Crippen LogP contribution is -2.19. The van der Waals surface area contributed by atoms with E-state index in [0.29, 0.717) is 33.3 Å². The summed E-state index contributed by atoms with van der Waals surface area (Å²) in [6.45, 7) is 3.67. The Bertz CT molecular complexity index is 1340. The highest BCUT2D eigenvalue weighted by Gasteiger charge is 2.18. The Morgan fingerprint density at radius 1 is 0.972 bits per heavy atom. The van der Waals surface area contributed by atoms with Crippen molar-refractivity contribution in [2.75, 3.05) is 12.1 Å². The number of hydrogen-bond donors (Lipinski definition) is 2. The summed E-state index contributed by atoms with van der Waals surface area (Å²) in [5.74, 6) is -0.140. The number of rotatable bonds is 7. The molecule has 1 heterocycles. The van der Waals surface area contributed by atoms with E-state index < -0.39 is 11.9 Å². The fraction of sp³-hybridized carbons (Fsp3) is 0.154. The molecule has 184 valence electrons. The first-order valence-corrected chi connectivity index (χ1v) is 11.3. The van der Waals surface area contributed by atoms with E-state index in [-0.39, 0.29) is 29.9 Å². The molecule has 0 radical (unpaired) electrons. The van der Waals surface area contributed by atoms with Gasteiger partial charge in [0.05, 0.1) is 11.8 Å². The van der Waals surface area contributed by atoms with Crippen LogP contribution in [0.1, 0.15) is 40.1 Å². The Balaban J connectivity index is 1.41. The maximum atomic E-state index is 12.7. The predicted octanol–water partition coefficient (Wildman–Crippen LogP) is 4.65. The fourth-order valence-corrected chi connectivity index (χ4v) is 3.29. The summed E-state index contributed by atoms with van der Waals surface area (Å²) in [5, 5.41) is 7.11. The minimum Gasteiger partial charge on any atom is -0.454 e. The van der Waals surface area contributed by atoms with Crippen LogP contribution in [0.25, 0.3) is 0 Å². The molecule has 0 aromatic heterocycles. The Hall–Kier alpha value is -4.37. The first kappa shape index (κ1) is 24.7. The monoisotopic (exact) mass is 507 g/mol. The molecule has 0 fully saturated rings. The van der Waals surface area contributed by atoms with Crippen LogP contribution in [-0.2, 0) is 4.79 Å². The van der Waals surface area contributed by atoms with Crippen LogP contribution >= 0.6 is 11.6 Å². The third-order valence-electron chi connectivity index (χ3n) is 5.09. The summed E-state index contributed by atoms with van der Waals surface area (Å²) >= 11 is 6.09. The maximum Gasteiger partial charge on any atom is 0.343 e. The van der Waals surface area contributed by atoms with Gasteiger partial charge in [0.2, 0.25) is 12.7 Å². The average molecular weight is 508 g/mol. The second kappa shape index (κ2) is 10.9. The third-order valence-corrected chi connectivity index (χ3v) is 5.33. The number of hydrogen-bond acceptors (Lipinski definition) is 7. The summed E-state index contributed by atoms with van der Waals surface area (Å²) in [4.78, 5) is 36.9. The van der Waals surface area contributed by atoms with Crippen molar-refractivity contribution >= 4 is 41.3 Å². The predicted molar refractivity (Wildman–Crippen MR) is 134 cm³/mol. The van der Waals surface area contributed by atoms with E-state index in [0.717, 1.165) is 0 Å². The molecular formula is C26H22ClN3O6. The number of hydrazone groups is 1. The minimum atomic E-state index is -0.612. The van der Waals surface area contributed by atoms with Gasteiger partial charge in [-0.25, -0.2) is 10.2 Å². The molecule has 0 saturated heterocycles. The number of nitrogens with one attached hydrogen (secondary N) is 2. The molecule has 0 spiro atoms. The van der Waals surface area contributed by atoms with Gasteiger partial charge in [-0.05, 0) is 60.7 Å². The number of anilines is 1. The molecule has 2 amide bonds. The van der Waals surface area contributed by atoms with Crippen LogP contribution in [0, 0.1) is 5.92 Å². The molecule has 9 nitrogen and oxygen atoms in total. The molecule has 0 saturated carbocycles. The standard InChI is InChI=1S/C26H22ClN3O6/c1-15(2)24(31)29-20-7-3-16(4-8-20)25(32)30-28-13-18-11-19(27)6-10-21(18)36-26(33)17-5-9-22-23(12-17)35-14-34-22/h3-13,15H,14H2,1-2H3,(H,29,31)(H,30,32)/b28-13+. The number of nitrogens with zero attached hydrogens (tertiary/aromatic N) is 1. The van der Waals surface area contributed by atoms with Gasteiger partial charge in [0.1, 0.15) is 5.75 Å². The normalized spacial score (nSPS) is 12.0. The molecule has 1 aliphatic heterocycles. The molecule has 3 aromatic carbocycles. The first-order valence-electron chi connectivity index (χ1n) is 11.0. The van der Waals surface area contributed by atoms with E-state index in [9.17, 15) is 14.4 Å². The number of esters is 1. The van der Waals surface area contributed by atoms with Crippen LogP contribution in [0.3, 0.4) is 0 Å². The molecule has 1 aliphatic rings. The van der Waals surface area contributed by atoms with Crippen LogP contribution in [0.4, 0.5) is 5.69 Å². The number of ether oxygens (including phenoxy) is 3. The molecule has 4 rings (SSSR count). The molecule has 0 unspecified atom stereocenters. The number of halogens is 1. The largest absolute Gasteiger partial charge is 0.454 e. The maximum absolute atomic E-state index is 12.7. The zero-order valence-electron chi connectivity index (χ0n) is 19.4. The summed E-state index contributed by atoms with van der Waals surface area (Å²) in [6, 6.07) is 15.8. The molecule has 0 aliphatic carbocycles. The lowest BCUT2D eigenvalue weighted by molar-refractivity contribution is -0.118. The molecule has 36 heavy (non-hydrogen) atoms. The van der Waals surface area contributed by atoms with Crippen molar-refractivity contribution in [3.05, 3.63) is 82.4 Å².